The number of carbonyl (C=O) groups excluding carboxylic acids is 1. The fourth-order valence-corrected chi connectivity index (χ4v) is 1.76. The van der Waals surface area contributed by atoms with Gasteiger partial charge in [-0.05, 0) is 12.1 Å². The lowest BCUT2D eigenvalue weighted by Crippen LogP contribution is -2.05. The van der Waals surface area contributed by atoms with Crippen LogP contribution in [0.1, 0.15) is 21.9 Å². The summed E-state index contributed by atoms with van der Waals surface area (Å²) >= 11 is 5.80. The summed E-state index contributed by atoms with van der Waals surface area (Å²) in [5, 5.41) is 9.08. The van der Waals surface area contributed by atoms with Gasteiger partial charge in [-0.2, -0.15) is 0 Å². The largest absolute Gasteiger partial charge is 0.481 e. The maximum absolute atomic E-state index is 11.9. The predicted molar refractivity (Wildman–Crippen MR) is 67.3 cm³/mol. The zero-order chi connectivity index (χ0) is 13.8. The second-order valence-corrected chi connectivity index (χ2v) is 4.35. The molecule has 0 saturated heterocycles. The van der Waals surface area contributed by atoms with Gasteiger partial charge in [0.15, 0.2) is 5.78 Å². The van der Waals surface area contributed by atoms with E-state index in [4.69, 9.17) is 21.1 Å². The molecule has 2 rings (SSSR count). The molecule has 0 aliphatic carbocycles. The van der Waals surface area contributed by atoms with Crippen molar-refractivity contribution in [3.05, 3.63) is 52.7 Å². The maximum atomic E-state index is 11.9. The van der Waals surface area contributed by atoms with E-state index in [1.165, 1.54) is 6.26 Å². The van der Waals surface area contributed by atoms with Crippen molar-refractivity contribution in [2.75, 3.05) is 0 Å². The Bertz CT molecular complexity index is 621. The van der Waals surface area contributed by atoms with E-state index in [9.17, 15) is 9.59 Å². The quantitative estimate of drug-likeness (QED) is 0.850. The minimum atomic E-state index is -0.999. The van der Waals surface area contributed by atoms with Crippen LogP contribution in [0.5, 0.6) is 0 Å². The van der Waals surface area contributed by atoms with Gasteiger partial charge in [-0.1, -0.05) is 23.7 Å². The molecule has 0 spiro atoms. The van der Waals surface area contributed by atoms with Crippen LogP contribution in [0.2, 0.25) is 5.02 Å². The normalized spacial score (nSPS) is 10.4. The number of nitrogens with zero attached hydrogens (tertiary/aromatic N) is 1. The first-order valence-corrected chi connectivity index (χ1v) is 5.86. The Morgan fingerprint density at radius 1 is 1.32 bits per heavy atom. The van der Waals surface area contributed by atoms with Crippen LogP contribution in [0.25, 0.3) is 0 Å². The third-order valence-electron chi connectivity index (χ3n) is 2.39. The molecular formula is C13H10ClNO4. The fraction of sp³-hybridized carbons (Fsp3) is 0.154. The molecule has 1 aromatic heterocycles. The van der Waals surface area contributed by atoms with Crippen molar-refractivity contribution in [3.63, 3.8) is 0 Å². The first-order chi connectivity index (χ1) is 9.04. The van der Waals surface area contributed by atoms with Gasteiger partial charge in [0.2, 0.25) is 5.89 Å². The molecule has 19 heavy (non-hydrogen) atoms. The molecule has 0 amide bonds. The van der Waals surface area contributed by atoms with E-state index in [-0.39, 0.29) is 24.5 Å². The van der Waals surface area contributed by atoms with E-state index in [1.54, 1.807) is 24.3 Å². The third kappa shape index (κ3) is 3.66. The molecule has 1 aromatic carbocycles. The van der Waals surface area contributed by atoms with Crippen molar-refractivity contribution in [1.29, 1.82) is 0 Å². The fourth-order valence-electron chi connectivity index (χ4n) is 1.57. The first-order valence-electron chi connectivity index (χ1n) is 5.48. The summed E-state index contributed by atoms with van der Waals surface area (Å²) in [5.74, 6) is -0.992. The van der Waals surface area contributed by atoms with Crippen LogP contribution in [0.4, 0.5) is 0 Å². The van der Waals surface area contributed by atoms with Gasteiger partial charge < -0.3 is 9.52 Å². The lowest BCUT2D eigenvalue weighted by molar-refractivity contribution is -0.136. The molecule has 0 unspecified atom stereocenters. The number of aliphatic carboxylic acids is 1. The van der Waals surface area contributed by atoms with Crippen molar-refractivity contribution in [1.82, 2.24) is 4.98 Å². The monoisotopic (exact) mass is 279 g/mol. The summed E-state index contributed by atoms with van der Waals surface area (Å²) in [6.45, 7) is 0. The SMILES string of the molecule is O=C(O)Cc1coc(CC(=O)c2cccc(Cl)c2)n1. The second-order valence-electron chi connectivity index (χ2n) is 3.91. The maximum Gasteiger partial charge on any atom is 0.309 e. The Kier molecular flexibility index (Phi) is 3.97. The van der Waals surface area contributed by atoms with Crippen molar-refractivity contribution < 1.29 is 19.1 Å². The molecule has 6 heteroatoms. The van der Waals surface area contributed by atoms with Crippen LogP contribution < -0.4 is 0 Å². The van der Waals surface area contributed by atoms with Gasteiger partial charge in [-0.15, -0.1) is 0 Å². The van der Waals surface area contributed by atoms with Gasteiger partial charge in [0, 0.05) is 10.6 Å². The summed E-state index contributed by atoms with van der Waals surface area (Å²) < 4.78 is 5.06. The first kappa shape index (κ1) is 13.3. The van der Waals surface area contributed by atoms with Crippen LogP contribution in [-0.2, 0) is 17.6 Å². The molecule has 5 nitrogen and oxygen atoms in total. The molecule has 1 heterocycles. The predicted octanol–water partition coefficient (Wildman–Crippen LogP) is 2.38. The summed E-state index contributed by atoms with van der Waals surface area (Å²) in [5.41, 5.74) is 0.756. The molecule has 1 N–H and O–H groups in total. The number of halogens is 1. The van der Waals surface area contributed by atoms with Crippen molar-refractivity contribution in [2.24, 2.45) is 0 Å². The topological polar surface area (TPSA) is 80.4 Å². The highest BCUT2D eigenvalue weighted by molar-refractivity contribution is 6.31. The molecule has 2 aromatic rings. The van der Waals surface area contributed by atoms with E-state index < -0.39 is 5.97 Å². The van der Waals surface area contributed by atoms with Gasteiger partial charge in [0.1, 0.15) is 6.26 Å². The Morgan fingerprint density at radius 2 is 2.11 bits per heavy atom. The van der Waals surface area contributed by atoms with Gasteiger partial charge in [0.05, 0.1) is 18.5 Å². The number of ketones is 1. The number of hydrogen-bond donors (Lipinski definition) is 1. The minimum absolute atomic E-state index is 0.0278. The van der Waals surface area contributed by atoms with Crippen molar-refractivity contribution in [2.45, 2.75) is 12.8 Å². The van der Waals surface area contributed by atoms with Crippen molar-refractivity contribution >= 4 is 23.4 Å². The molecule has 0 aliphatic heterocycles. The summed E-state index contributed by atoms with van der Waals surface area (Å²) in [6, 6.07) is 6.57. The molecule has 0 aliphatic rings. The van der Waals surface area contributed by atoms with Crippen LogP contribution in [0, 0.1) is 0 Å². The average molecular weight is 280 g/mol. The second kappa shape index (κ2) is 5.67. The Balaban J connectivity index is 2.06. The number of rotatable bonds is 5. The van der Waals surface area contributed by atoms with Crippen LogP contribution in [0.3, 0.4) is 0 Å². The Hall–Kier alpha value is -2.14. The molecule has 0 atom stereocenters. The van der Waals surface area contributed by atoms with E-state index in [2.05, 4.69) is 4.98 Å². The lowest BCUT2D eigenvalue weighted by Gasteiger charge is -1.98. The number of carboxylic acid groups (broad SMARTS) is 1. The molecule has 0 radical (unpaired) electrons. The number of benzene rings is 1. The molecular weight excluding hydrogens is 270 g/mol. The number of carbonyl (C=O) groups is 2. The third-order valence-corrected chi connectivity index (χ3v) is 2.63. The zero-order valence-electron chi connectivity index (χ0n) is 9.80. The number of Topliss-reactive ketones (excluding diaryl/α,β-unsaturated/α-hetero) is 1. The van der Waals surface area contributed by atoms with E-state index in [0.717, 1.165) is 0 Å². The smallest absolute Gasteiger partial charge is 0.309 e. The Morgan fingerprint density at radius 3 is 2.79 bits per heavy atom. The highest BCUT2D eigenvalue weighted by Gasteiger charge is 2.13. The molecule has 98 valence electrons. The standard InChI is InChI=1S/C13H10ClNO4/c14-9-3-1-2-8(4-9)11(16)6-12-15-10(7-19-12)5-13(17)18/h1-4,7H,5-6H2,(H,17,18). The number of aromatic nitrogens is 1. The van der Waals surface area contributed by atoms with Crippen LogP contribution in [-0.4, -0.2) is 21.8 Å². The van der Waals surface area contributed by atoms with Crippen LogP contribution >= 0.6 is 11.6 Å². The number of hydrogen-bond acceptors (Lipinski definition) is 4. The Labute approximate surface area is 113 Å². The van der Waals surface area contributed by atoms with Gasteiger partial charge in [0.25, 0.3) is 0 Å². The molecule has 0 saturated carbocycles. The van der Waals surface area contributed by atoms with Crippen molar-refractivity contribution in [3.8, 4) is 0 Å². The van der Waals surface area contributed by atoms with Gasteiger partial charge >= 0.3 is 5.97 Å². The van der Waals surface area contributed by atoms with Gasteiger partial charge in [-0.25, -0.2) is 4.98 Å². The summed E-state index contributed by atoms with van der Waals surface area (Å²) in [4.78, 5) is 26.4. The lowest BCUT2D eigenvalue weighted by atomic mass is 10.1. The molecule has 0 bridgehead atoms. The van der Waals surface area contributed by atoms with Gasteiger partial charge in [-0.3, -0.25) is 9.59 Å². The molecule has 0 fully saturated rings. The van der Waals surface area contributed by atoms with Crippen LogP contribution in [0.15, 0.2) is 34.9 Å². The summed E-state index contributed by atoms with van der Waals surface area (Å²) in [6.07, 6.45) is 0.990. The van der Waals surface area contributed by atoms with E-state index in [0.29, 0.717) is 16.3 Å². The zero-order valence-corrected chi connectivity index (χ0v) is 10.6. The minimum Gasteiger partial charge on any atom is -0.481 e. The summed E-state index contributed by atoms with van der Waals surface area (Å²) in [7, 11) is 0. The average Bonchev–Trinajstić information content (AvgIpc) is 2.75. The van der Waals surface area contributed by atoms with E-state index >= 15 is 0 Å². The number of carboxylic acids is 1. The highest BCUT2D eigenvalue weighted by atomic mass is 35.5. The number of oxazole rings is 1. The van der Waals surface area contributed by atoms with E-state index in [1.807, 2.05) is 0 Å². The highest BCUT2D eigenvalue weighted by Crippen LogP contribution is 2.13.